The van der Waals surface area contributed by atoms with E-state index in [1.807, 2.05) is 0 Å². The number of hydrogen-bond acceptors (Lipinski definition) is 2. The van der Waals surface area contributed by atoms with E-state index < -0.39 is 0 Å². The third-order valence-corrected chi connectivity index (χ3v) is 3.07. The molecule has 14 heavy (non-hydrogen) atoms. The molecule has 0 aromatic rings. The standard InChI is InChI=1S/C12H26N2/c1-4-10-13-14(11(2)3)12-8-6-5-7-9-12/h11-13H,4-10H2,1-3H3. The van der Waals surface area contributed by atoms with E-state index >= 15 is 0 Å². The van der Waals surface area contributed by atoms with E-state index in [1.165, 1.54) is 38.5 Å². The van der Waals surface area contributed by atoms with E-state index in [4.69, 9.17) is 0 Å². The van der Waals surface area contributed by atoms with Crippen molar-refractivity contribution in [2.75, 3.05) is 6.54 Å². The second-order valence-corrected chi connectivity index (χ2v) is 4.70. The smallest absolute Gasteiger partial charge is 0.0246 e. The maximum Gasteiger partial charge on any atom is 0.0246 e. The molecule has 0 aromatic carbocycles. The van der Waals surface area contributed by atoms with Gasteiger partial charge in [-0.15, -0.1) is 0 Å². The molecule has 1 aliphatic carbocycles. The van der Waals surface area contributed by atoms with Gasteiger partial charge in [-0.05, 0) is 33.1 Å². The van der Waals surface area contributed by atoms with Gasteiger partial charge in [0.05, 0.1) is 0 Å². The van der Waals surface area contributed by atoms with Crippen LogP contribution in [0.15, 0.2) is 0 Å². The molecule has 2 heteroatoms. The molecule has 0 atom stereocenters. The maximum atomic E-state index is 3.57. The fourth-order valence-electron chi connectivity index (χ4n) is 2.33. The van der Waals surface area contributed by atoms with Crippen LogP contribution in [0.25, 0.3) is 0 Å². The Morgan fingerprint density at radius 3 is 2.36 bits per heavy atom. The fourth-order valence-corrected chi connectivity index (χ4v) is 2.33. The van der Waals surface area contributed by atoms with Crippen molar-refractivity contribution in [3.8, 4) is 0 Å². The second-order valence-electron chi connectivity index (χ2n) is 4.70. The van der Waals surface area contributed by atoms with Crippen LogP contribution in [0.1, 0.15) is 59.3 Å². The number of nitrogens with one attached hydrogen (secondary N) is 1. The van der Waals surface area contributed by atoms with Gasteiger partial charge in [-0.3, -0.25) is 5.43 Å². The second kappa shape index (κ2) is 6.41. The van der Waals surface area contributed by atoms with E-state index in [-0.39, 0.29) is 0 Å². The van der Waals surface area contributed by atoms with Crippen molar-refractivity contribution in [2.45, 2.75) is 71.4 Å². The summed E-state index contributed by atoms with van der Waals surface area (Å²) in [6.07, 6.45) is 8.26. The zero-order valence-corrected chi connectivity index (χ0v) is 10.1. The highest BCUT2D eigenvalue weighted by molar-refractivity contribution is 4.75. The average molecular weight is 198 g/mol. The lowest BCUT2D eigenvalue weighted by molar-refractivity contribution is 0.0620. The van der Waals surface area contributed by atoms with Gasteiger partial charge in [0.15, 0.2) is 0 Å². The molecule has 2 nitrogen and oxygen atoms in total. The Hall–Kier alpha value is -0.0800. The number of rotatable bonds is 5. The lowest BCUT2D eigenvalue weighted by atomic mass is 9.94. The molecule has 1 saturated carbocycles. The van der Waals surface area contributed by atoms with E-state index in [0.29, 0.717) is 6.04 Å². The van der Waals surface area contributed by atoms with Crippen molar-refractivity contribution in [1.29, 1.82) is 0 Å². The van der Waals surface area contributed by atoms with E-state index in [2.05, 4.69) is 31.2 Å². The summed E-state index contributed by atoms with van der Waals surface area (Å²) in [7, 11) is 0. The number of hydrazine groups is 1. The van der Waals surface area contributed by atoms with Crippen molar-refractivity contribution in [3.05, 3.63) is 0 Å². The molecule has 0 spiro atoms. The van der Waals surface area contributed by atoms with Crippen LogP contribution in [-0.2, 0) is 0 Å². The average Bonchev–Trinajstić information content (AvgIpc) is 2.19. The Bertz CT molecular complexity index is 139. The molecule has 0 unspecified atom stereocenters. The van der Waals surface area contributed by atoms with Gasteiger partial charge < -0.3 is 0 Å². The molecule has 84 valence electrons. The van der Waals surface area contributed by atoms with Crippen LogP contribution >= 0.6 is 0 Å². The molecule has 1 aliphatic rings. The lowest BCUT2D eigenvalue weighted by Gasteiger charge is -2.37. The molecular weight excluding hydrogens is 172 g/mol. The highest BCUT2D eigenvalue weighted by atomic mass is 15.5. The minimum Gasteiger partial charge on any atom is -0.255 e. The quantitative estimate of drug-likeness (QED) is 0.683. The van der Waals surface area contributed by atoms with Gasteiger partial charge in [0.2, 0.25) is 0 Å². The summed E-state index contributed by atoms with van der Waals surface area (Å²) in [4.78, 5) is 0. The Morgan fingerprint density at radius 1 is 1.21 bits per heavy atom. The molecule has 0 heterocycles. The predicted molar refractivity (Wildman–Crippen MR) is 62.1 cm³/mol. The fraction of sp³-hybridized carbons (Fsp3) is 1.00. The third-order valence-electron chi connectivity index (χ3n) is 3.07. The van der Waals surface area contributed by atoms with Crippen LogP contribution in [0.4, 0.5) is 0 Å². The summed E-state index contributed by atoms with van der Waals surface area (Å²) in [5.74, 6) is 0. The van der Waals surface area contributed by atoms with Gasteiger partial charge in [-0.2, -0.15) is 0 Å². The van der Waals surface area contributed by atoms with Crippen molar-refractivity contribution in [3.63, 3.8) is 0 Å². The van der Waals surface area contributed by atoms with Gasteiger partial charge in [0.1, 0.15) is 0 Å². The predicted octanol–water partition coefficient (Wildman–Crippen LogP) is 2.94. The highest BCUT2D eigenvalue weighted by Gasteiger charge is 2.22. The van der Waals surface area contributed by atoms with Gasteiger partial charge in [0, 0.05) is 18.6 Å². The minimum absolute atomic E-state index is 0.629. The minimum atomic E-state index is 0.629. The van der Waals surface area contributed by atoms with Crippen LogP contribution in [-0.4, -0.2) is 23.6 Å². The van der Waals surface area contributed by atoms with E-state index in [1.54, 1.807) is 0 Å². The number of nitrogens with zero attached hydrogens (tertiary/aromatic N) is 1. The summed E-state index contributed by atoms with van der Waals surface area (Å²) in [6.45, 7) is 7.93. The first kappa shape index (κ1) is 12.0. The molecule has 0 bridgehead atoms. The molecular formula is C12H26N2. The SMILES string of the molecule is CCCNN(C(C)C)C1CCCCC1. The van der Waals surface area contributed by atoms with Crippen molar-refractivity contribution < 1.29 is 0 Å². The van der Waals surface area contributed by atoms with Crippen LogP contribution < -0.4 is 5.43 Å². The van der Waals surface area contributed by atoms with Crippen LogP contribution in [0, 0.1) is 0 Å². The Morgan fingerprint density at radius 2 is 1.86 bits per heavy atom. The monoisotopic (exact) mass is 198 g/mol. The Balaban J connectivity index is 2.39. The van der Waals surface area contributed by atoms with Crippen LogP contribution in [0.5, 0.6) is 0 Å². The first-order valence-electron chi connectivity index (χ1n) is 6.27. The van der Waals surface area contributed by atoms with Gasteiger partial charge in [-0.1, -0.05) is 26.2 Å². The third kappa shape index (κ3) is 3.58. The van der Waals surface area contributed by atoms with Gasteiger partial charge >= 0.3 is 0 Å². The maximum absolute atomic E-state index is 3.57. The normalized spacial score (nSPS) is 19.5. The Labute approximate surface area is 89.0 Å². The van der Waals surface area contributed by atoms with Gasteiger partial charge in [-0.25, -0.2) is 5.01 Å². The summed E-state index contributed by atoms with van der Waals surface area (Å²) in [5.41, 5.74) is 3.57. The molecule has 1 N–H and O–H groups in total. The Kier molecular flexibility index (Phi) is 5.49. The zero-order chi connectivity index (χ0) is 10.4. The molecule has 0 amide bonds. The molecule has 0 aromatic heterocycles. The summed E-state index contributed by atoms with van der Waals surface area (Å²) >= 11 is 0. The summed E-state index contributed by atoms with van der Waals surface area (Å²) in [6, 6.07) is 1.42. The highest BCUT2D eigenvalue weighted by Crippen LogP contribution is 2.22. The van der Waals surface area contributed by atoms with Crippen LogP contribution in [0.3, 0.4) is 0 Å². The molecule has 0 aliphatic heterocycles. The molecule has 1 fully saturated rings. The van der Waals surface area contributed by atoms with Crippen LogP contribution in [0.2, 0.25) is 0 Å². The van der Waals surface area contributed by atoms with Crippen molar-refractivity contribution in [2.24, 2.45) is 0 Å². The zero-order valence-electron chi connectivity index (χ0n) is 10.1. The molecule has 0 saturated heterocycles. The number of hydrogen-bond donors (Lipinski definition) is 1. The van der Waals surface area contributed by atoms with E-state index in [9.17, 15) is 0 Å². The summed E-state index contributed by atoms with van der Waals surface area (Å²) < 4.78 is 0. The molecule has 1 rings (SSSR count). The largest absolute Gasteiger partial charge is 0.255 e. The van der Waals surface area contributed by atoms with Gasteiger partial charge in [0.25, 0.3) is 0 Å². The molecule has 0 radical (unpaired) electrons. The van der Waals surface area contributed by atoms with Crippen molar-refractivity contribution in [1.82, 2.24) is 10.4 Å². The summed E-state index contributed by atoms with van der Waals surface area (Å²) in [5, 5.41) is 2.49. The lowest BCUT2D eigenvalue weighted by Crippen LogP contribution is -2.50. The topological polar surface area (TPSA) is 15.3 Å². The van der Waals surface area contributed by atoms with E-state index in [0.717, 1.165) is 12.6 Å². The first-order chi connectivity index (χ1) is 6.75. The first-order valence-corrected chi connectivity index (χ1v) is 6.27. The van der Waals surface area contributed by atoms with Crippen molar-refractivity contribution >= 4 is 0 Å².